The first-order chi connectivity index (χ1) is 14.5. The normalized spacial score (nSPS) is 10.9. The molecule has 3 rings (SSSR count). The van der Waals surface area contributed by atoms with Gasteiger partial charge in [-0.2, -0.15) is 5.26 Å². The Morgan fingerprint density at radius 3 is 2.40 bits per heavy atom. The maximum absolute atomic E-state index is 12.5. The highest BCUT2D eigenvalue weighted by Gasteiger charge is 2.12. The van der Waals surface area contributed by atoms with Crippen LogP contribution in [0, 0.1) is 32.1 Å². The lowest BCUT2D eigenvalue weighted by molar-refractivity contribution is -0.112. The summed E-state index contributed by atoms with van der Waals surface area (Å²) >= 11 is 0. The Hall–Kier alpha value is -3.91. The van der Waals surface area contributed by atoms with E-state index in [0.29, 0.717) is 12.3 Å². The summed E-state index contributed by atoms with van der Waals surface area (Å²) in [6.45, 7) is 6.23. The molecule has 0 saturated carbocycles. The molecule has 0 bridgehead atoms. The van der Waals surface area contributed by atoms with E-state index in [4.69, 9.17) is 4.74 Å². The number of carbonyl (C=O) groups is 1. The molecule has 0 aliphatic heterocycles. The predicted molar refractivity (Wildman–Crippen MR) is 118 cm³/mol. The van der Waals surface area contributed by atoms with Gasteiger partial charge in [0.05, 0.1) is 5.69 Å². The van der Waals surface area contributed by atoms with Crippen molar-refractivity contribution in [3.8, 4) is 11.8 Å². The Morgan fingerprint density at radius 1 is 1.10 bits per heavy atom. The van der Waals surface area contributed by atoms with Gasteiger partial charge in [-0.15, -0.1) is 0 Å². The number of amides is 1. The monoisotopic (exact) mass is 397 g/mol. The molecule has 5 heteroatoms. The average molecular weight is 397 g/mol. The molecule has 3 aromatic rings. The Morgan fingerprint density at radius 2 is 1.80 bits per heavy atom. The number of aryl methyl sites for hydroxylation is 3. The lowest BCUT2D eigenvalue weighted by atomic mass is 10.0. The average Bonchev–Trinajstić information content (AvgIpc) is 2.73. The molecular weight excluding hydrogens is 374 g/mol. The van der Waals surface area contributed by atoms with E-state index in [-0.39, 0.29) is 5.57 Å². The van der Waals surface area contributed by atoms with Gasteiger partial charge in [-0.1, -0.05) is 23.8 Å². The van der Waals surface area contributed by atoms with Gasteiger partial charge in [-0.3, -0.25) is 9.78 Å². The van der Waals surface area contributed by atoms with Crippen molar-refractivity contribution in [2.24, 2.45) is 0 Å². The van der Waals surface area contributed by atoms with Crippen LogP contribution in [0.15, 0.2) is 66.4 Å². The van der Waals surface area contributed by atoms with Crippen LogP contribution >= 0.6 is 0 Å². The second kappa shape index (κ2) is 9.53. The topological polar surface area (TPSA) is 75.0 Å². The van der Waals surface area contributed by atoms with Crippen LogP contribution in [0.4, 0.5) is 5.69 Å². The van der Waals surface area contributed by atoms with Gasteiger partial charge >= 0.3 is 0 Å². The summed E-state index contributed by atoms with van der Waals surface area (Å²) in [5.41, 5.74) is 5.25. The minimum atomic E-state index is -0.438. The first-order valence-electron chi connectivity index (χ1n) is 9.60. The number of benzene rings is 2. The van der Waals surface area contributed by atoms with Crippen molar-refractivity contribution in [2.45, 2.75) is 27.4 Å². The summed E-state index contributed by atoms with van der Waals surface area (Å²) in [5, 5.41) is 12.2. The van der Waals surface area contributed by atoms with E-state index in [9.17, 15) is 10.1 Å². The number of hydrogen-bond acceptors (Lipinski definition) is 4. The third-order valence-electron chi connectivity index (χ3n) is 4.56. The fraction of sp³-hybridized carbons (Fsp3) is 0.160. The maximum atomic E-state index is 12.5. The van der Waals surface area contributed by atoms with E-state index in [0.717, 1.165) is 33.7 Å². The predicted octanol–water partition coefficient (Wildman–Crippen LogP) is 5.13. The number of carbonyl (C=O) groups excluding carboxylic acids is 1. The van der Waals surface area contributed by atoms with Gasteiger partial charge in [0, 0.05) is 11.9 Å². The number of nitrogens with one attached hydrogen (secondary N) is 1. The second-order valence-corrected chi connectivity index (χ2v) is 7.08. The van der Waals surface area contributed by atoms with Crippen LogP contribution < -0.4 is 10.1 Å². The van der Waals surface area contributed by atoms with Crippen LogP contribution in [0.3, 0.4) is 0 Å². The minimum absolute atomic E-state index is 0.0385. The molecule has 0 aliphatic carbocycles. The zero-order valence-electron chi connectivity index (χ0n) is 17.3. The number of hydrogen-bond donors (Lipinski definition) is 1. The molecule has 0 radical (unpaired) electrons. The van der Waals surface area contributed by atoms with Crippen LogP contribution in [0.1, 0.15) is 27.9 Å². The molecule has 0 spiro atoms. The molecular formula is C25H23N3O2. The van der Waals surface area contributed by atoms with Crippen molar-refractivity contribution in [3.63, 3.8) is 0 Å². The van der Waals surface area contributed by atoms with E-state index in [2.05, 4.69) is 10.3 Å². The summed E-state index contributed by atoms with van der Waals surface area (Å²) in [6, 6.07) is 18.9. The first kappa shape index (κ1) is 20.8. The summed E-state index contributed by atoms with van der Waals surface area (Å²) in [7, 11) is 0. The molecule has 2 aromatic carbocycles. The van der Waals surface area contributed by atoms with Crippen molar-refractivity contribution in [2.75, 3.05) is 5.32 Å². The van der Waals surface area contributed by atoms with Crippen LogP contribution in [-0.4, -0.2) is 10.9 Å². The molecule has 0 aliphatic rings. The molecule has 0 unspecified atom stereocenters. The van der Waals surface area contributed by atoms with Crippen molar-refractivity contribution >= 4 is 17.7 Å². The fourth-order valence-electron chi connectivity index (χ4n) is 3.07. The smallest absolute Gasteiger partial charge is 0.266 e. The third kappa shape index (κ3) is 5.33. The van der Waals surface area contributed by atoms with E-state index in [1.54, 1.807) is 12.3 Å². The Bertz CT molecular complexity index is 1090. The van der Waals surface area contributed by atoms with Gasteiger partial charge in [0.1, 0.15) is 24.0 Å². The van der Waals surface area contributed by atoms with Gasteiger partial charge in [-0.05, 0) is 79.9 Å². The van der Waals surface area contributed by atoms with E-state index in [1.165, 1.54) is 0 Å². The minimum Gasteiger partial charge on any atom is -0.487 e. The molecule has 0 fully saturated rings. The van der Waals surface area contributed by atoms with Crippen LogP contribution in [-0.2, 0) is 11.4 Å². The van der Waals surface area contributed by atoms with Crippen LogP contribution in [0.2, 0.25) is 0 Å². The number of ether oxygens (including phenoxy) is 1. The fourth-order valence-corrected chi connectivity index (χ4v) is 3.07. The van der Waals surface area contributed by atoms with Gasteiger partial charge in [0.15, 0.2) is 0 Å². The van der Waals surface area contributed by atoms with E-state index < -0.39 is 5.91 Å². The molecule has 0 atom stereocenters. The molecule has 1 aromatic heterocycles. The molecule has 1 amide bonds. The standard InChI is InChI=1S/C25H23N3O2/c1-17-7-9-22(10-8-17)28-25(29)21(15-26)14-20-12-18(2)24(19(3)13-20)30-16-23-6-4-5-11-27-23/h4-14H,16H2,1-3H3,(H,28,29). The summed E-state index contributed by atoms with van der Waals surface area (Å²) in [6.07, 6.45) is 3.32. The summed E-state index contributed by atoms with van der Waals surface area (Å²) in [5.74, 6) is 0.340. The van der Waals surface area contributed by atoms with Gasteiger partial charge in [-0.25, -0.2) is 0 Å². The molecule has 1 heterocycles. The number of anilines is 1. The van der Waals surface area contributed by atoms with Crippen LogP contribution in [0.5, 0.6) is 5.75 Å². The zero-order chi connectivity index (χ0) is 21.5. The lowest BCUT2D eigenvalue weighted by Crippen LogP contribution is -2.13. The second-order valence-electron chi connectivity index (χ2n) is 7.08. The zero-order valence-corrected chi connectivity index (χ0v) is 17.3. The lowest BCUT2D eigenvalue weighted by Gasteiger charge is -2.13. The van der Waals surface area contributed by atoms with Crippen molar-refractivity contribution < 1.29 is 9.53 Å². The van der Waals surface area contributed by atoms with Crippen LogP contribution in [0.25, 0.3) is 6.08 Å². The quantitative estimate of drug-likeness (QED) is 0.462. The highest BCUT2D eigenvalue weighted by atomic mass is 16.5. The van der Waals surface area contributed by atoms with Gasteiger partial charge in [0.25, 0.3) is 5.91 Å². The number of nitrogens with zero attached hydrogens (tertiary/aromatic N) is 2. The number of aromatic nitrogens is 1. The van der Waals surface area contributed by atoms with E-state index >= 15 is 0 Å². The molecule has 0 saturated heterocycles. The SMILES string of the molecule is Cc1ccc(NC(=O)C(C#N)=Cc2cc(C)c(OCc3ccccn3)c(C)c2)cc1. The number of rotatable bonds is 6. The first-order valence-corrected chi connectivity index (χ1v) is 9.60. The van der Waals surface area contributed by atoms with Crippen molar-refractivity contribution in [1.29, 1.82) is 5.26 Å². The Balaban J connectivity index is 1.76. The highest BCUT2D eigenvalue weighted by Crippen LogP contribution is 2.27. The van der Waals surface area contributed by atoms with Crippen molar-refractivity contribution in [1.82, 2.24) is 4.98 Å². The summed E-state index contributed by atoms with van der Waals surface area (Å²) in [4.78, 5) is 16.8. The number of pyridine rings is 1. The van der Waals surface area contributed by atoms with Crippen molar-refractivity contribution in [3.05, 3.63) is 94.3 Å². The van der Waals surface area contributed by atoms with E-state index in [1.807, 2.05) is 81.4 Å². The maximum Gasteiger partial charge on any atom is 0.266 e. The number of nitriles is 1. The van der Waals surface area contributed by atoms with Gasteiger partial charge < -0.3 is 10.1 Å². The highest BCUT2D eigenvalue weighted by molar-refractivity contribution is 6.09. The van der Waals surface area contributed by atoms with Gasteiger partial charge in [0.2, 0.25) is 0 Å². The molecule has 5 nitrogen and oxygen atoms in total. The summed E-state index contributed by atoms with van der Waals surface area (Å²) < 4.78 is 5.95. The molecule has 30 heavy (non-hydrogen) atoms. The molecule has 1 N–H and O–H groups in total. The Labute approximate surface area is 176 Å². The third-order valence-corrected chi connectivity index (χ3v) is 4.56. The Kier molecular flexibility index (Phi) is 6.61. The largest absolute Gasteiger partial charge is 0.487 e. The molecule has 150 valence electrons.